The van der Waals surface area contributed by atoms with Crippen LogP contribution in [0.15, 0.2) is 54.7 Å². The minimum atomic E-state index is -0.983. The summed E-state index contributed by atoms with van der Waals surface area (Å²) in [6.07, 6.45) is 3.57. The van der Waals surface area contributed by atoms with Crippen molar-refractivity contribution in [3.8, 4) is 5.75 Å². The number of imide groups is 1. The van der Waals surface area contributed by atoms with Gasteiger partial charge in [0.15, 0.2) is 5.78 Å². The summed E-state index contributed by atoms with van der Waals surface area (Å²) in [5.41, 5.74) is 2.34. The van der Waals surface area contributed by atoms with Crippen molar-refractivity contribution < 1.29 is 19.5 Å². The van der Waals surface area contributed by atoms with Crippen LogP contribution in [0, 0.1) is 0 Å². The van der Waals surface area contributed by atoms with Gasteiger partial charge in [0.1, 0.15) is 11.3 Å². The van der Waals surface area contributed by atoms with Crippen LogP contribution >= 0.6 is 0 Å². The molecule has 3 amide bonds. The number of nitrogens with zero attached hydrogens (tertiary/aromatic N) is 1. The van der Waals surface area contributed by atoms with Gasteiger partial charge in [0, 0.05) is 23.6 Å². The molecule has 0 bridgehead atoms. The van der Waals surface area contributed by atoms with Gasteiger partial charge in [-0.15, -0.1) is 0 Å². The fourth-order valence-electron chi connectivity index (χ4n) is 3.92. The van der Waals surface area contributed by atoms with Crippen molar-refractivity contribution >= 4 is 28.6 Å². The maximum Gasteiger partial charge on any atom is 0.322 e. The highest BCUT2D eigenvalue weighted by Crippen LogP contribution is 2.30. The summed E-state index contributed by atoms with van der Waals surface area (Å²) in [5, 5.41) is 15.1. The summed E-state index contributed by atoms with van der Waals surface area (Å²) < 4.78 is 0. The molecule has 166 valence electrons. The Labute approximate surface area is 186 Å². The molecule has 2 heterocycles. The smallest absolute Gasteiger partial charge is 0.322 e. The van der Waals surface area contributed by atoms with E-state index >= 15 is 0 Å². The van der Waals surface area contributed by atoms with Gasteiger partial charge in [-0.05, 0) is 54.3 Å². The second-order valence-corrected chi connectivity index (χ2v) is 7.34. The molecular weight excluding hydrogens is 406 g/mol. The molecule has 2 aromatic carbocycles. The van der Waals surface area contributed by atoms with Crippen molar-refractivity contribution in [1.29, 1.82) is 0 Å². The molecule has 0 saturated carbocycles. The number of nitrogens with one attached hydrogen (secondary N) is 2. The van der Waals surface area contributed by atoms with Gasteiger partial charge in [0.05, 0.1) is 5.52 Å². The fourth-order valence-corrected chi connectivity index (χ4v) is 3.92. The highest BCUT2D eigenvalue weighted by Gasteiger charge is 2.46. The van der Waals surface area contributed by atoms with Crippen LogP contribution in [0.5, 0.6) is 5.75 Å². The SMILES string of the molecule is CC.CCC1(c2ccc3cccnc3c2)NC(=O)NC1=O.O=C1CCc2cc(O)ccc21. The van der Waals surface area contributed by atoms with Crippen molar-refractivity contribution in [1.82, 2.24) is 15.6 Å². The van der Waals surface area contributed by atoms with Crippen LogP contribution in [0.4, 0.5) is 4.79 Å². The highest BCUT2D eigenvalue weighted by atomic mass is 16.3. The lowest BCUT2D eigenvalue weighted by Crippen LogP contribution is -2.43. The molecule has 7 heteroatoms. The predicted octanol–water partition coefficient (Wildman–Crippen LogP) is 4.23. The van der Waals surface area contributed by atoms with Crippen LogP contribution in [0.25, 0.3) is 10.9 Å². The number of ketones is 1. The van der Waals surface area contributed by atoms with E-state index in [4.69, 9.17) is 5.11 Å². The van der Waals surface area contributed by atoms with Gasteiger partial charge in [-0.2, -0.15) is 0 Å². The number of aryl methyl sites for hydroxylation is 1. The first-order valence-electron chi connectivity index (χ1n) is 10.8. The zero-order chi connectivity index (χ0) is 23.3. The number of aromatic hydroxyl groups is 1. The van der Waals surface area contributed by atoms with Crippen molar-refractivity contribution in [2.45, 2.75) is 45.6 Å². The number of pyridine rings is 1. The summed E-state index contributed by atoms with van der Waals surface area (Å²) in [7, 11) is 0. The van der Waals surface area contributed by atoms with Gasteiger partial charge < -0.3 is 10.4 Å². The Morgan fingerprint density at radius 2 is 1.81 bits per heavy atom. The number of rotatable bonds is 2. The predicted molar refractivity (Wildman–Crippen MR) is 122 cm³/mol. The molecule has 1 aliphatic heterocycles. The molecule has 32 heavy (non-hydrogen) atoms. The van der Waals surface area contributed by atoms with E-state index in [-0.39, 0.29) is 17.4 Å². The van der Waals surface area contributed by atoms with Crippen LogP contribution in [-0.2, 0) is 16.8 Å². The Balaban J connectivity index is 0.000000189. The zero-order valence-electron chi connectivity index (χ0n) is 18.4. The molecule has 1 atom stereocenters. The third-order valence-electron chi connectivity index (χ3n) is 5.58. The molecule has 1 saturated heterocycles. The summed E-state index contributed by atoms with van der Waals surface area (Å²) in [5.74, 6) is 0.133. The Morgan fingerprint density at radius 1 is 1.03 bits per heavy atom. The van der Waals surface area contributed by atoms with Gasteiger partial charge in [0.2, 0.25) is 0 Å². The average Bonchev–Trinajstić information content (AvgIpc) is 3.33. The number of benzene rings is 2. The van der Waals surface area contributed by atoms with Crippen molar-refractivity contribution in [2.75, 3.05) is 0 Å². The summed E-state index contributed by atoms with van der Waals surface area (Å²) >= 11 is 0. The van der Waals surface area contributed by atoms with E-state index in [0.717, 1.165) is 34.0 Å². The van der Waals surface area contributed by atoms with Gasteiger partial charge in [-0.25, -0.2) is 4.79 Å². The van der Waals surface area contributed by atoms with Gasteiger partial charge in [0.25, 0.3) is 5.91 Å². The topological polar surface area (TPSA) is 108 Å². The standard InChI is InChI=1S/C14H13N3O2.C9H8O2.C2H6/c1-2-14(12(18)16-13(19)17-14)10-6-5-9-4-3-7-15-11(9)8-10;10-7-2-3-8-6(5-7)1-4-9(8)11;1-2/h3-8H,2H2,1H3,(H2,16,17,18,19);2-3,5,10H,1,4H2;1-2H3. The molecular formula is C25H27N3O4. The van der Waals surface area contributed by atoms with E-state index in [2.05, 4.69) is 15.6 Å². The minimum Gasteiger partial charge on any atom is -0.508 e. The Hall–Kier alpha value is -3.74. The molecule has 1 unspecified atom stereocenters. The monoisotopic (exact) mass is 433 g/mol. The minimum absolute atomic E-state index is 0.194. The number of carbonyl (C=O) groups is 3. The first-order chi connectivity index (χ1) is 15.4. The normalized spacial score (nSPS) is 18.7. The molecule has 1 aliphatic carbocycles. The number of aromatic nitrogens is 1. The van der Waals surface area contributed by atoms with E-state index in [1.165, 1.54) is 0 Å². The molecule has 7 nitrogen and oxygen atoms in total. The number of phenols is 1. The molecule has 3 aromatic rings. The van der Waals surface area contributed by atoms with Crippen LogP contribution in [0.1, 0.15) is 55.1 Å². The molecule has 5 rings (SSSR count). The largest absolute Gasteiger partial charge is 0.508 e. The summed E-state index contributed by atoms with van der Waals surface area (Å²) in [4.78, 5) is 38.8. The lowest BCUT2D eigenvalue weighted by molar-refractivity contribution is -0.124. The van der Waals surface area contributed by atoms with E-state index < -0.39 is 11.6 Å². The first kappa shape index (κ1) is 22.9. The lowest BCUT2D eigenvalue weighted by atomic mass is 9.87. The van der Waals surface area contributed by atoms with Crippen LogP contribution in [-0.4, -0.2) is 27.8 Å². The third-order valence-corrected chi connectivity index (χ3v) is 5.58. The second kappa shape index (κ2) is 9.60. The van der Waals surface area contributed by atoms with Gasteiger partial charge in [-0.3, -0.25) is 19.9 Å². The average molecular weight is 434 g/mol. The molecule has 0 radical (unpaired) electrons. The number of fused-ring (bicyclic) bond motifs is 2. The highest BCUT2D eigenvalue weighted by molar-refractivity contribution is 6.07. The summed E-state index contributed by atoms with van der Waals surface area (Å²) in [6.45, 7) is 5.87. The van der Waals surface area contributed by atoms with Gasteiger partial charge >= 0.3 is 6.03 Å². The number of hydrogen-bond donors (Lipinski definition) is 3. The van der Waals surface area contributed by atoms with E-state index in [0.29, 0.717) is 12.8 Å². The number of Topliss-reactive ketones (excluding diaryl/α,β-unsaturated/α-hetero) is 1. The molecule has 2 aliphatic rings. The van der Waals surface area contributed by atoms with Gasteiger partial charge in [-0.1, -0.05) is 39.0 Å². The van der Waals surface area contributed by atoms with Crippen molar-refractivity contribution in [3.05, 3.63) is 71.4 Å². The maximum absolute atomic E-state index is 12.1. The van der Waals surface area contributed by atoms with Crippen molar-refractivity contribution in [2.24, 2.45) is 0 Å². The van der Waals surface area contributed by atoms with E-state index in [1.54, 1.807) is 24.4 Å². The van der Waals surface area contributed by atoms with Crippen molar-refractivity contribution in [3.63, 3.8) is 0 Å². The molecule has 0 spiro atoms. The summed E-state index contributed by atoms with van der Waals surface area (Å²) in [6, 6.07) is 13.9. The van der Waals surface area contributed by atoms with Crippen LogP contribution in [0.3, 0.4) is 0 Å². The number of amides is 3. The van der Waals surface area contributed by atoms with E-state index in [1.807, 2.05) is 51.1 Å². The van der Waals surface area contributed by atoms with Crippen LogP contribution in [0.2, 0.25) is 0 Å². The first-order valence-corrected chi connectivity index (χ1v) is 10.8. The fraction of sp³-hybridized carbons (Fsp3) is 0.280. The van der Waals surface area contributed by atoms with Crippen LogP contribution < -0.4 is 10.6 Å². The number of hydrogen-bond acceptors (Lipinski definition) is 5. The zero-order valence-corrected chi connectivity index (χ0v) is 18.4. The Morgan fingerprint density at radius 3 is 2.50 bits per heavy atom. The Kier molecular flexibility index (Phi) is 6.88. The number of phenolic OH excluding ortho intramolecular Hbond substituents is 1. The second-order valence-electron chi connectivity index (χ2n) is 7.34. The number of carbonyl (C=O) groups excluding carboxylic acids is 3. The van der Waals surface area contributed by atoms with E-state index in [9.17, 15) is 14.4 Å². The molecule has 1 aromatic heterocycles. The molecule has 1 fully saturated rings. The lowest BCUT2D eigenvalue weighted by Gasteiger charge is -2.25. The third kappa shape index (κ3) is 4.32. The number of urea groups is 1. The quantitative estimate of drug-likeness (QED) is 0.524. The Bertz CT molecular complexity index is 1170. The maximum atomic E-state index is 12.1. The molecule has 3 N–H and O–H groups in total.